The predicted molar refractivity (Wildman–Crippen MR) is 21.4 cm³/mol. The van der Waals surface area contributed by atoms with E-state index in [1.807, 2.05) is 0 Å². The minimum absolute atomic E-state index is 0. The van der Waals surface area contributed by atoms with E-state index in [4.69, 9.17) is 13.0 Å². The van der Waals surface area contributed by atoms with Gasteiger partial charge in [-0.2, -0.15) is 0 Å². The average molecular weight is 199 g/mol. The molecule has 0 unspecified atom stereocenters. The Bertz CT molecular complexity index is 98.1. The van der Waals surface area contributed by atoms with Crippen LogP contribution in [0.15, 0.2) is 0 Å². The molecule has 0 saturated carbocycles. The maximum atomic E-state index is 9.08. The van der Waals surface area contributed by atoms with E-state index in [1.54, 1.807) is 0 Å². The minimum atomic E-state index is -3.92. The molecule has 0 spiro atoms. The Morgan fingerprint density at radius 3 is 1.43 bits per heavy atom. The van der Waals surface area contributed by atoms with Crippen LogP contribution in [0.2, 0.25) is 0 Å². The van der Waals surface area contributed by atoms with Gasteiger partial charge in [0.05, 0.1) is 10.1 Å². The van der Waals surface area contributed by atoms with Crippen LogP contribution in [-0.2, 0) is 10.1 Å². The average Bonchev–Trinajstić information content (AvgIpc) is 0.722. The summed E-state index contributed by atoms with van der Waals surface area (Å²) in [6, 6.07) is 0. The molecule has 40 valence electrons. The fourth-order valence-corrected chi connectivity index (χ4v) is 0. The first kappa shape index (κ1) is 15.7. The van der Waals surface area contributed by atoms with E-state index in [0.29, 0.717) is 6.26 Å². The zero-order valence-corrected chi connectivity index (χ0v) is 7.53. The Labute approximate surface area is 69.2 Å². The molecule has 0 bridgehead atoms. The molecule has 0 saturated heterocycles. The fraction of sp³-hybridized carbons (Fsp3) is 1.00. The van der Waals surface area contributed by atoms with E-state index < -0.39 is 10.1 Å². The number of rotatable bonds is 0. The van der Waals surface area contributed by atoms with Crippen LogP contribution in [0.4, 0.5) is 0 Å². The van der Waals surface area contributed by atoms with Crippen LogP contribution in [0.1, 0.15) is 0 Å². The van der Waals surface area contributed by atoms with Crippen molar-refractivity contribution < 1.29 is 30.0 Å². The topological polar surface area (TPSA) is 57.2 Å². The zero-order chi connectivity index (χ0) is 4.50. The number of hydrogen-bond donors (Lipinski definition) is 0. The monoisotopic (exact) mass is 198 g/mol. The molecule has 0 atom stereocenters. The van der Waals surface area contributed by atoms with Gasteiger partial charge >= 0.3 is 23.1 Å². The van der Waals surface area contributed by atoms with Gasteiger partial charge in [-0.25, -0.2) is 8.42 Å². The predicted octanol–water partition coefficient (Wildman–Crippen LogP) is -4.22. The SMILES string of the molecule is CS(=O)(=O)[O-].[Br-].[Mg+2]. The summed E-state index contributed by atoms with van der Waals surface area (Å²) >= 11 is 0. The van der Waals surface area contributed by atoms with Crippen molar-refractivity contribution in [2.45, 2.75) is 0 Å². The second-order valence-electron chi connectivity index (χ2n) is 0.704. The van der Waals surface area contributed by atoms with Crippen LogP contribution in [0.25, 0.3) is 0 Å². The van der Waals surface area contributed by atoms with E-state index in [-0.39, 0.29) is 40.0 Å². The van der Waals surface area contributed by atoms with Crippen molar-refractivity contribution in [1.82, 2.24) is 0 Å². The van der Waals surface area contributed by atoms with Gasteiger partial charge in [0.15, 0.2) is 0 Å². The van der Waals surface area contributed by atoms with Crippen LogP contribution in [0.5, 0.6) is 0 Å². The smallest absolute Gasteiger partial charge is 1.00 e. The molecule has 0 amide bonds. The van der Waals surface area contributed by atoms with Gasteiger partial charge in [0.2, 0.25) is 0 Å². The summed E-state index contributed by atoms with van der Waals surface area (Å²) in [5.41, 5.74) is 0. The maximum absolute atomic E-state index is 9.08. The summed E-state index contributed by atoms with van der Waals surface area (Å²) in [5.74, 6) is 0. The van der Waals surface area contributed by atoms with E-state index in [0.717, 1.165) is 0 Å². The normalized spacial score (nSPS) is 8.29. The molecular weight excluding hydrogens is 196 g/mol. The standard InChI is InChI=1S/CH4O3S.BrH.Mg/c1-5(2,3)4;;/h1H3,(H,2,3,4);1H;/q;;+2/p-2. The molecule has 6 heteroatoms. The molecule has 0 fully saturated rings. The Morgan fingerprint density at radius 1 is 1.43 bits per heavy atom. The van der Waals surface area contributed by atoms with Crippen LogP contribution in [0, 0.1) is 0 Å². The first-order chi connectivity index (χ1) is 2.00. The van der Waals surface area contributed by atoms with E-state index >= 15 is 0 Å². The molecule has 0 radical (unpaired) electrons. The number of halogens is 1. The van der Waals surface area contributed by atoms with Crippen molar-refractivity contribution in [2.75, 3.05) is 6.26 Å². The molecule has 0 aliphatic carbocycles. The van der Waals surface area contributed by atoms with Gasteiger partial charge in [-0.15, -0.1) is 0 Å². The summed E-state index contributed by atoms with van der Waals surface area (Å²) < 4.78 is 27.2. The summed E-state index contributed by atoms with van der Waals surface area (Å²) in [6.07, 6.45) is 0.604. The largest absolute Gasteiger partial charge is 2.00 e. The van der Waals surface area contributed by atoms with Gasteiger partial charge in [-0.1, -0.05) is 0 Å². The zero-order valence-electron chi connectivity index (χ0n) is 3.72. The molecule has 0 aromatic rings. The first-order valence-electron chi connectivity index (χ1n) is 0.908. The summed E-state index contributed by atoms with van der Waals surface area (Å²) in [6.45, 7) is 0. The minimum Gasteiger partial charge on any atom is -1.00 e. The molecule has 0 aliphatic heterocycles. The van der Waals surface area contributed by atoms with Gasteiger partial charge in [0.25, 0.3) is 0 Å². The van der Waals surface area contributed by atoms with Gasteiger partial charge in [0, 0.05) is 6.26 Å². The summed E-state index contributed by atoms with van der Waals surface area (Å²) in [7, 11) is -3.92. The molecule has 3 nitrogen and oxygen atoms in total. The van der Waals surface area contributed by atoms with Crippen LogP contribution >= 0.6 is 0 Å². The Kier molecular flexibility index (Phi) is 11.9. The first-order valence-corrected chi connectivity index (χ1v) is 2.72. The van der Waals surface area contributed by atoms with Crippen molar-refractivity contribution in [1.29, 1.82) is 0 Å². The summed E-state index contributed by atoms with van der Waals surface area (Å²) in [4.78, 5) is 0. The molecule has 0 aliphatic rings. The van der Waals surface area contributed by atoms with Crippen molar-refractivity contribution in [3.63, 3.8) is 0 Å². The molecule has 7 heavy (non-hydrogen) atoms. The Balaban J connectivity index is -0.0000000800. The summed E-state index contributed by atoms with van der Waals surface area (Å²) in [5, 5.41) is 0. The second kappa shape index (κ2) is 5.30. The van der Waals surface area contributed by atoms with Crippen LogP contribution < -0.4 is 17.0 Å². The molecule has 0 N–H and O–H groups in total. The fourth-order valence-electron chi connectivity index (χ4n) is 0. The van der Waals surface area contributed by atoms with Gasteiger partial charge in [-0.05, 0) is 0 Å². The second-order valence-corrected chi connectivity index (χ2v) is 2.11. The Morgan fingerprint density at radius 2 is 1.43 bits per heavy atom. The molecular formula is CH3BrMgO3S. The third-order valence-electron chi connectivity index (χ3n) is 0. The van der Waals surface area contributed by atoms with Crippen molar-refractivity contribution in [2.24, 2.45) is 0 Å². The third-order valence-corrected chi connectivity index (χ3v) is 0. The van der Waals surface area contributed by atoms with Crippen LogP contribution in [-0.4, -0.2) is 42.3 Å². The molecule has 0 rings (SSSR count). The van der Waals surface area contributed by atoms with E-state index in [2.05, 4.69) is 0 Å². The number of hydrogen-bond acceptors (Lipinski definition) is 3. The van der Waals surface area contributed by atoms with E-state index in [1.165, 1.54) is 0 Å². The molecule has 0 heterocycles. The molecule has 0 aromatic carbocycles. The van der Waals surface area contributed by atoms with Gasteiger partial charge < -0.3 is 21.5 Å². The third kappa shape index (κ3) is 142. The van der Waals surface area contributed by atoms with Crippen molar-refractivity contribution in [3.05, 3.63) is 0 Å². The van der Waals surface area contributed by atoms with Crippen molar-refractivity contribution >= 4 is 33.2 Å². The Hall–Kier alpha value is 1.16. The van der Waals surface area contributed by atoms with Gasteiger partial charge in [0.1, 0.15) is 0 Å². The van der Waals surface area contributed by atoms with E-state index in [9.17, 15) is 0 Å². The van der Waals surface area contributed by atoms with Crippen LogP contribution in [0.3, 0.4) is 0 Å². The quantitative estimate of drug-likeness (QED) is 0.293. The maximum Gasteiger partial charge on any atom is 2.00 e. The van der Waals surface area contributed by atoms with Crippen molar-refractivity contribution in [3.8, 4) is 0 Å². The van der Waals surface area contributed by atoms with Gasteiger partial charge in [-0.3, -0.25) is 0 Å². The molecule has 0 aromatic heterocycles.